The second-order valence-corrected chi connectivity index (χ2v) is 5.60. The van der Waals surface area contributed by atoms with Crippen molar-refractivity contribution in [3.05, 3.63) is 11.1 Å². The minimum absolute atomic E-state index is 0.127. The number of carbonyl (C=O) groups is 2. The number of nitrogens with one attached hydrogen (secondary N) is 1. The molecule has 0 fully saturated rings. The summed E-state index contributed by atoms with van der Waals surface area (Å²) >= 11 is 1.35. The van der Waals surface area contributed by atoms with Gasteiger partial charge < -0.3 is 14.8 Å². The van der Waals surface area contributed by atoms with Gasteiger partial charge in [-0.3, -0.25) is 4.79 Å². The summed E-state index contributed by atoms with van der Waals surface area (Å²) in [5.41, 5.74) is 0.623. The monoisotopic (exact) mass is 300 g/mol. The molecule has 1 unspecified atom stereocenters. The summed E-state index contributed by atoms with van der Waals surface area (Å²) in [6, 6.07) is -0.433. The van der Waals surface area contributed by atoms with Crippen LogP contribution in [0.25, 0.3) is 0 Å². The molecule has 0 spiro atoms. The van der Waals surface area contributed by atoms with Crippen LogP contribution in [0, 0.1) is 5.92 Å². The lowest BCUT2D eigenvalue weighted by Gasteiger charge is -2.17. The fourth-order valence-electron chi connectivity index (χ4n) is 1.65. The van der Waals surface area contributed by atoms with E-state index in [1.807, 2.05) is 13.8 Å². The molecule has 7 heteroatoms. The van der Waals surface area contributed by atoms with E-state index in [0.717, 1.165) is 0 Å². The molecule has 0 aliphatic heterocycles. The van der Waals surface area contributed by atoms with Gasteiger partial charge in [0.1, 0.15) is 6.04 Å². The Bertz CT molecular complexity index is 459. The summed E-state index contributed by atoms with van der Waals surface area (Å²) in [4.78, 5) is 27.1. The molecule has 0 aliphatic rings. The van der Waals surface area contributed by atoms with E-state index in [0.29, 0.717) is 23.2 Å². The molecule has 0 aliphatic carbocycles. The van der Waals surface area contributed by atoms with Crippen molar-refractivity contribution in [1.29, 1.82) is 0 Å². The summed E-state index contributed by atoms with van der Waals surface area (Å²) in [6.45, 7) is 4.06. The van der Waals surface area contributed by atoms with E-state index in [2.05, 4.69) is 15.0 Å². The predicted octanol–water partition coefficient (Wildman–Crippen LogP) is 1.86. The Morgan fingerprint density at radius 3 is 2.60 bits per heavy atom. The number of ether oxygens (including phenoxy) is 2. The highest BCUT2D eigenvalue weighted by Gasteiger charge is 2.21. The quantitative estimate of drug-likeness (QED) is 0.774. The van der Waals surface area contributed by atoms with Gasteiger partial charge in [0.05, 0.1) is 26.3 Å². The van der Waals surface area contributed by atoms with Crippen molar-refractivity contribution in [2.45, 2.75) is 32.7 Å². The highest BCUT2D eigenvalue weighted by Crippen LogP contribution is 2.19. The number of methoxy groups -OCH3 is 2. The summed E-state index contributed by atoms with van der Waals surface area (Å²) in [5.74, 6) is -0.307. The standard InChI is InChI=1S/C13H20N2O4S/c1-8(2)5-10(12(17)19-4)15-13-14-9(7-20-13)6-11(16)18-3/h7-8,10H,5-6H2,1-4H3,(H,14,15). The molecule has 1 aromatic heterocycles. The van der Waals surface area contributed by atoms with Crippen molar-refractivity contribution in [3.63, 3.8) is 0 Å². The van der Waals surface area contributed by atoms with Gasteiger partial charge >= 0.3 is 11.9 Å². The van der Waals surface area contributed by atoms with Crippen molar-refractivity contribution >= 4 is 28.4 Å². The van der Waals surface area contributed by atoms with Crippen LogP contribution in [0.3, 0.4) is 0 Å². The third-order valence-corrected chi connectivity index (χ3v) is 3.42. The number of thiazole rings is 1. The first-order chi connectivity index (χ1) is 9.46. The number of anilines is 1. The van der Waals surface area contributed by atoms with Gasteiger partial charge in [-0.1, -0.05) is 13.8 Å². The molecule has 0 saturated carbocycles. The van der Waals surface area contributed by atoms with E-state index in [1.165, 1.54) is 25.6 Å². The topological polar surface area (TPSA) is 77.5 Å². The fourth-order valence-corrected chi connectivity index (χ4v) is 2.42. The SMILES string of the molecule is COC(=O)Cc1csc(NC(CC(C)C)C(=O)OC)n1. The molecule has 0 radical (unpaired) electrons. The third kappa shape index (κ3) is 5.16. The Morgan fingerprint density at radius 2 is 2.05 bits per heavy atom. The zero-order chi connectivity index (χ0) is 15.1. The highest BCUT2D eigenvalue weighted by molar-refractivity contribution is 7.13. The summed E-state index contributed by atoms with van der Waals surface area (Å²) < 4.78 is 9.36. The first kappa shape index (κ1) is 16.4. The lowest BCUT2D eigenvalue weighted by atomic mass is 10.0. The molecule has 1 heterocycles. The maximum absolute atomic E-state index is 11.7. The smallest absolute Gasteiger partial charge is 0.328 e. The number of carbonyl (C=O) groups excluding carboxylic acids is 2. The number of rotatable bonds is 7. The van der Waals surface area contributed by atoms with E-state index in [4.69, 9.17) is 4.74 Å². The van der Waals surface area contributed by atoms with Gasteiger partial charge in [-0.25, -0.2) is 9.78 Å². The van der Waals surface area contributed by atoms with Crippen LogP contribution in [0.5, 0.6) is 0 Å². The average Bonchev–Trinajstić information content (AvgIpc) is 2.83. The minimum atomic E-state index is -0.433. The molecular formula is C13H20N2O4S. The van der Waals surface area contributed by atoms with E-state index >= 15 is 0 Å². The number of hydrogen-bond acceptors (Lipinski definition) is 7. The van der Waals surface area contributed by atoms with Crippen LogP contribution in [-0.4, -0.2) is 37.2 Å². The largest absolute Gasteiger partial charge is 0.469 e. The molecule has 112 valence electrons. The predicted molar refractivity (Wildman–Crippen MR) is 76.7 cm³/mol. The molecule has 0 saturated heterocycles. The lowest BCUT2D eigenvalue weighted by molar-refractivity contribution is -0.142. The van der Waals surface area contributed by atoms with Crippen molar-refractivity contribution in [3.8, 4) is 0 Å². The van der Waals surface area contributed by atoms with E-state index in [1.54, 1.807) is 5.38 Å². The van der Waals surface area contributed by atoms with Crippen LogP contribution < -0.4 is 5.32 Å². The number of nitrogens with zero attached hydrogens (tertiary/aromatic N) is 1. The molecule has 0 aromatic carbocycles. The van der Waals surface area contributed by atoms with Crippen LogP contribution in [0.2, 0.25) is 0 Å². The van der Waals surface area contributed by atoms with Gasteiger partial charge in [-0.05, 0) is 12.3 Å². The molecule has 20 heavy (non-hydrogen) atoms. The molecule has 0 amide bonds. The van der Waals surface area contributed by atoms with Gasteiger partial charge in [0.15, 0.2) is 5.13 Å². The van der Waals surface area contributed by atoms with E-state index < -0.39 is 6.04 Å². The van der Waals surface area contributed by atoms with Gasteiger partial charge in [-0.15, -0.1) is 11.3 Å². The van der Waals surface area contributed by atoms with Crippen LogP contribution in [0.1, 0.15) is 26.0 Å². The number of hydrogen-bond donors (Lipinski definition) is 1. The first-order valence-electron chi connectivity index (χ1n) is 6.31. The van der Waals surface area contributed by atoms with Gasteiger partial charge in [0.2, 0.25) is 0 Å². The van der Waals surface area contributed by atoms with Crippen molar-refractivity contribution in [2.24, 2.45) is 5.92 Å². The summed E-state index contributed by atoms with van der Waals surface area (Å²) in [6.07, 6.45) is 0.778. The van der Waals surface area contributed by atoms with Gasteiger partial charge in [0, 0.05) is 5.38 Å². The Labute approximate surface area is 122 Å². The number of esters is 2. The Kier molecular flexibility index (Phi) is 6.44. The van der Waals surface area contributed by atoms with Crippen molar-refractivity contribution in [1.82, 2.24) is 4.98 Å². The lowest BCUT2D eigenvalue weighted by Crippen LogP contribution is -2.32. The van der Waals surface area contributed by atoms with Crippen LogP contribution in [0.15, 0.2) is 5.38 Å². The summed E-state index contributed by atoms with van der Waals surface area (Å²) in [7, 11) is 2.70. The molecule has 0 bridgehead atoms. The van der Waals surface area contributed by atoms with Gasteiger partial charge in [0.25, 0.3) is 0 Å². The van der Waals surface area contributed by atoms with Crippen LogP contribution in [-0.2, 0) is 25.5 Å². The fraction of sp³-hybridized carbons (Fsp3) is 0.615. The molecule has 1 atom stereocenters. The second kappa shape index (κ2) is 7.84. The highest BCUT2D eigenvalue weighted by atomic mass is 32.1. The van der Waals surface area contributed by atoms with Gasteiger partial charge in [-0.2, -0.15) is 0 Å². The zero-order valence-corrected chi connectivity index (χ0v) is 13.0. The molecular weight excluding hydrogens is 280 g/mol. The molecule has 1 N–H and O–H groups in total. The Morgan fingerprint density at radius 1 is 1.35 bits per heavy atom. The molecule has 1 aromatic rings. The average molecular weight is 300 g/mol. The minimum Gasteiger partial charge on any atom is -0.469 e. The van der Waals surface area contributed by atoms with Crippen molar-refractivity contribution in [2.75, 3.05) is 19.5 Å². The normalized spacial score (nSPS) is 12.1. The van der Waals surface area contributed by atoms with E-state index in [9.17, 15) is 9.59 Å². The Hall–Kier alpha value is -1.63. The second-order valence-electron chi connectivity index (χ2n) is 4.75. The Balaban J connectivity index is 2.68. The third-order valence-electron chi connectivity index (χ3n) is 2.60. The van der Waals surface area contributed by atoms with Crippen molar-refractivity contribution < 1.29 is 19.1 Å². The zero-order valence-electron chi connectivity index (χ0n) is 12.1. The number of aromatic nitrogens is 1. The van der Waals surface area contributed by atoms with E-state index in [-0.39, 0.29) is 18.4 Å². The maximum atomic E-state index is 11.7. The molecule has 6 nitrogen and oxygen atoms in total. The maximum Gasteiger partial charge on any atom is 0.328 e. The molecule has 1 rings (SSSR count). The first-order valence-corrected chi connectivity index (χ1v) is 7.19. The summed E-state index contributed by atoms with van der Waals surface area (Å²) in [5, 5.41) is 5.42. The van der Waals surface area contributed by atoms with Crippen LogP contribution >= 0.6 is 11.3 Å². The van der Waals surface area contributed by atoms with Crippen LogP contribution in [0.4, 0.5) is 5.13 Å².